The number of aromatic nitrogens is 2. The van der Waals surface area contributed by atoms with Gasteiger partial charge in [-0.15, -0.1) is 0 Å². The molecule has 3 heteroatoms. The molecule has 0 aliphatic carbocycles. The first-order chi connectivity index (χ1) is 10.2. The second kappa shape index (κ2) is 5.37. The molecule has 2 aromatic carbocycles. The van der Waals surface area contributed by atoms with Gasteiger partial charge in [0, 0.05) is 18.3 Å². The van der Waals surface area contributed by atoms with Gasteiger partial charge in [0.05, 0.1) is 11.8 Å². The smallest absolute Gasteiger partial charge is 0.196 e. The average Bonchev–Trinajstić information content (AvgIpc) is 2.87. The highest BCUT2D eigenvalue weighted by molar-refractivity contribution is 6.09. The van der Waals surface area contributed by atoms with Gasteiger partial charge >= 0.3 is 0 Å². The number of carbonyl (C=O) groups is 1. The van der Waals surface area contributed by atoms with Crippen molar-refractivity contribution >= 4 is 5.78 Å². The Balaban J connectivity index is 1.91. The Kier molecular flexibility index (Phi) is 3.40. The predicted molar refractivity (Wildman–Crippen MR) is 83.3 cm³/mol. The van der Waals surface area contributed by atoms with Gasteiger partial charge in [-0.25, -0.2) is 0 Å². The zero-order chi connectivity index (χ0) is 14.8. The maximum absolute atomic E-state index is 12.5. The lowest BCUT2D eigenvalue weighted by Crippen LogP contribution is -2.03. The van der Waals surface area contributed by atoms with E-state index in [-0.39, 0.29) is 5.78 Å². The van der Waals surface area contributed by atoms with Crippen LogP contribution in [0.4, 0.5) is 0 Å². The van der Waals surface area contributed by atoms with Crippen molar-refractivity contribution in [3.63, 3.8) is 0 Å². The molecule has 1 aromatic heterocycles. The van der Waals surface area contributed by atoms with Crippen molar-refractivity contribution in [2.75, 3.05) is 0 Å². The van der Waals surface area contributed by atoms with Crippen molar-refractivity contribution in [1.29, 1.82) is 0 Å². The summed E-state index contributed by atoms with van der Waals surface area (Å²) in [6.45, 7) is 1.90. The van der Waals surface area contributed by atoms with E-state index < -0.39 is 0 Å². The topological polar surface area (TPSA) is 34.9 Å². The summed E-state index contributed by atoms with van der Waals surface area (Å²) >= 11 is 0. The fraction of sp³-hybridized carbons (Fsp3) is 0.111. The van der Waals surface area contributed by atoms with Gasteiger partial charge in [-0.3, -0.25) is 9.48 Å². The molecule has 0 amide bonds. The summed E-state index contributed by atoms with van der Waals surface area (Å²) in [6.07, 6.45) is 1.63. The molecule has 1 heterocycles. The van der Waals surface area contributed by atoms with Crippen LogP contribution in [-0.4, -0.2) is 15.6 Å². The van der Waals surface area contributed by atoms with E-state index in [1.165, 1.54) is 0 Å². The van der Waals surface area contributed by atoms with Gasteiger partial charge in [-0.05, 0) is 18.1 Å². The Hall–Kier alpha value is -2.68. The molecular formula is C18H16N2O. The van der Waals surface area contributed by atoms with Crippen molar-refractivity contribution in [2.24, 2.45) is 7.05 Å². The van der Waals surface area contributed by atoms with Crippen molar-refractivity contribution < 1.29 is 4.79 Å². The average molecular weight is 276 g/mol. The number of benzene rings is 2. The van der Waals surface area contributed by atoms with Gasteiger partial charge in [-0.2, -0.15) is 5.10 Å². The van der Waals surface area contributed by atoms with Crippen LogP contribution in [-0.2, 0) is 7.05 Å². The monoisotopic (exact) mass is 276 g/mol. The van der Waals surface area contributed by atoms with Crippen LogP contribution in [0, 0.1) is 6.92 Å². The first-order valence-corrected chi connectivity index (χ1v) is 6.85. The summed E-state index contributed by atoms with van der Waals surface area (Å²) in [5.74, 6) is 0.0141. The van der Waals surface area contributed by atoms with Gasteiger partial charge in [-0.1, -0.05) is 54.6 Å². The minimum atomic E-state index is 0.0141. The van der Waals surface area contributed by atoms with E-state index in [0.29, 0.717) is 11.1 Å². The van der Waals surface area contributed by atoms with Gasteiger partial charge in [0.25, 0.3) is 0 Å². The minimum Gasteiger partial charge on any atom is -0.288 e. The molecule has 3 nitrogen and oxygen atoms in total. The fourth-order valence-electron chi connectivity index (χ4n) is 2.32. The highest BCUT2D eigenvalue weighted by Gasteiger charge is 2.14. The zero-order valence-corrected chi connectivity index (χ0v) is 12.1. The largest absolute Gasteiger partial charge is 0.288 e. The van der Waals surface area contributed by atoms with Crippen LogP contribution in [0.1, 0.15) is 21.6 Å². The minimum absolute atomic E-state index is 0.0141. The maximum Gasteiger partial charge on any atom is 0.196 e. The van der Waals surface area contributed by atoms with E-state index in [4.69, 9.17) is 0 Å². The van der Waals surface area contributed by atoms with E-state index in [1.807, 2.05) is 56.4 Å². The quantitative estimate of drug-likeness (QED) is 0.685. The molecule has 0 unspecified atom stereocenters. The van der Waals surface area contributed by atoms with Gasteiger partial charge < -0.3 is 0 Å². The third-order valence-corrected chi connectivity index (χ3v) is 3.73. The lowest BCUT2D eigenvalue weighted by atomic mass is 10.00. The zero-order valence-electron chi connectivity index (χ0n) is 12.1. The summed E-state index contributed by atoms with van der Waals surface area (Å²) in [7, 11) is 1.84. The predicted octanol–water partition coefficient (Wildman–Crippen LogP) is 3.63. The van der Waals surface area contributed by atoms with Gasteiger partial charge in [0.15, 0.2) is 5.78 Å². The molecule has 0 fully saturated rings. The van der Waals surface area contributed by atoms with Crippen LogP contribution >= 0.6 is 0 Å². The van der Waals surface area contributed by atoms with Crippen LogP contribution < -0.4 is 0 Å². The summed E-state index contributed by atoms with van der Waals surface area (Å²) in [5.41, 5.74) is 4.48. The first-order valence-electron chi connectivity index (χ1n) is 6.85. The molecule has 0 spiro atoms. The molecule has 3 rings (SSSR count). The number of hydrogen-bond donors (Lipinski definition) is 0. The van der Waals surface area contributed by atoms with Crippen molar-refractivity contribution in [3.05, 3.63) is 77.6 Å². The normalized spacial score (nSPS) is 10.6. The molecular weight excluding hydrogens is 260 g/mol. The summed E-state index contributed by atoms with van der Waals surface area (Å²) in [5, 5.41) is 4.12. The standard InChI is InChI=1S/C18H16N2O/c1-13-17(12-19-20(13)2)18(21)16-10-8-15(9-11-16)14-6-4-3-5-7-14/h3-12H,1-2H3. The van der Waals surface area contributed by atoms with E-state index in [9.17, 15) is 4.79 Å². The Morgan fingerprint density at radius 3 is 2.14 bits per heavy atom. The molecule has 0 atom stereocenters. The molecule has 21 heavy (non-hydrogen) atoms. The van der Waals surface area contributed by atoms with Crippen molar-refractivity contribution in [3.8, 4) is 11.1 Å². The molecule has 0 radical (unpaired) electrons. The van der Waals surface area contributed by atoms with E-state index >= 15 is 0 Å². The molecule has 3 aromatic rings. The number of nitrogens with zero attached hydrogens (tertiary/aromatic N) is 2. The van der Waals surface area contributed by atoms with Crippen LogP contribution in [0.15, 0.2) is 60.8 Å². The molecule has 0 aliphatic heterocycles. The number of rotatable bonds is 3. The van der Waals surface area contributed by atoms with Crippen molar-refractivity contribution in [2.45, 2.75) is 6.92 Å². The Morgan fingerprint density at radius 2 is 1.57 bits per heavy atom. The van der Waals surface area contributed by atoms with Gasteiger partial charge in [0.1, 0.15) is 0 Å². The Bertz CT molecular complexity index is 771. The summed E-state index contributed by atoms with van der Waals surface area (Å²) in [6, 6.07) is 17.8. The van der Waals surface area contributed by atoms with Gasteiger partial charge in [0.2, 0.25) is 0 Å². The fourth-order valence-corrected chi connectivity index (χ4v) is 2.32. The number of carbonyl (C=O) groups excluding carboxylic acids is 1. The SMILES string of the molecule is Cc1c(C(=O)c2ccc(-c3ccccc3)cc2)cnn1C. The molecule has 0 aliphatic rings. The van der Waals surface area contributed by atoms with E-state index in [2.05, 4.69) is 17.2 Å². The molecule has 0 saturated heterocycles. The van der Waals surface area contributed by atoms with Crippen LogP contribution in [0.25, 0.3) is 11.1 Å². The highest BCUT2D eigenvalue weighted by Crippen LogP contribution is 2.21. The third kappa shape index (κ3) is 2.50. The number of ketones is 1. The van der Waals surface area contributed by atoms with Crippen molar-refractivity contribution in [1.82, 2.24) is 9.78 Å². The van der Waals surface area contributed by atoms with Crippen LogP contribution in [0.2, 0.25) is 0 Å². The second-order valence-electron chi connectivity index (χ2n) is 5.04. The third-order valence-electron chi connectivity index (χ3n) is 3.73. The van der Waals surface area contributed by atoms with Crippen LogP contribution in [0.5, 0.6) is 0 Å². The van der Waals surface area contributed by atoms with E-state index in [1.54, 1.807) is 10.9 Å². The molecule has 0 saturated carbocycles. The van der Waals surface area contributed by atoms with E-state index in [0.717, 1.165) is 16.8 Å². The molecule has 104 valence electrons. The highest BCUT2D eigenvalue weighted by atomic mass is 16.1. The number of aryl methyl sites for hydroxylation is 1. The summed E-state index contributed by atoms with van der Waals surface area (Å²) < 4.78 is 1.71. The summed E-state index contributed by atoms with van der Waals surface area (Å²) in [4.78, 5) is 12.5. The second-order valence-corrected chi connectivity index (χ2v) is 5.04. The Morgan fingerprint density at radius 1 is 0.952 bits per heavy atom. The number of hydrogen-bond acceptors (Lipinski definition) is 2. The lowest BCUT2D eigenvalue weighted by Gasteiger charge is -2.04. The molecule has 0 bridgehead atoms. The first kappa shape index (κ1) is 13.3. The Labute approximate surface area is 123 Å². The maximum atomic E-state index is 12.5. The lowest BCUT2D eigenvalue weighted by molar-refractivity contribution is 0.103. The van der Waals surface area contributed by atoms with Crippen LogP contribution in [0.3, 0.4) is 0 Å². The molecule has 0 N–H and O–H groups in total.